The van der Waals surface area contributed by atoms with Crippen LogP contribution in [0.4, 0.5) is 4.79 Å². The molecule has 9 heteroatoms. The van der Waals surface area contributed by atoms with Crippen molar-refractivity contribution in [3.8, 4) is 0 Å². The molecule has 0 spiro atoms. The molecule has 3 saturated heterocycles. The fourth-order valence-corrected chi connectivity index (χ4v) is 3.77. The lowest BCUT2D eigenvalue weighted by molar-refractivity contribution is -0.385. The van der Waals surface area contributed by atoms with Crippen LogP contribution in [0.25, 0.3) is 0 Å². The van der Waals surface area contributed by atoms with E-state index < -0.39 is 41.3 Å². The number of amides is 2. The molecule has 4 aliphatic heterocycles. The van der Waals surface area contributed by atoms with Crippen LogP contribution < -0.4 is 0 Å². The van der Waals surface area contributed by atoms with E-state index in [9.17, 15) is 9.59 Å². The molecule has 0 radical (unpaired) electrons. The predicted octanol–water partition coefficient (Wildman–Crippen LogP) is 1.46. The molecule has 3 fully saturated rings. The Balaban J connectivity index is 1.71. The van der Waals surface area contributed by atoms with Crippen molar-refractivity contribution in [2.75, 3.05) is 19.8 Å². The summed E-state index contributed by atoms with van der Waals surface area (Å²) in [5, 5.41) is 8.17. The first-order chi connectivity index (χ1) is 11.6. The maximum absolute atomic E-state index is 12.9. The van der Waals surface area contributed by atoms with Gasteiger partial charge in [-0.05, 0) is 27.7 Å². The molecular formula is C16H23N3O6. The second-order valence-electron chi connectivity index (χ2n) is 8.21. The lowest BCUT2D eigenvalue weighted by Crippen LogP contribution is -2.61. The molecule has 0 aliphatic carbocycles. The number of hydrogen-bond acceptors (Lipinski definition) is 8. The normalized spacial score (nSPS) is 42.8. The number of carbonyl (C=O) groups excluding carboxylic acids is 2. The van der Waals surface area contributed by atoms with E-state index >= 15 is 0 Å². The number of hydrogen-bond donors (Lipinski definition) is 0. The highest BCUT2D eigenvalue weighted by atomic mass is 16.9. The van der Waals surface area contributed by atoms with E-state index in [4.69, 9.17) is 18.9 Å². The maximum Gasteiger partial charge on any atom is 0.417 e. The smallest absolute Gasteiger partial charge is 0.417 e. The third-order valence-corrected chi connectivity index (χ3v) is 4.92. The largest absolute Gasteiger partial charge is 0.443 e. The maximum atomic E-state index is 12.9. The van der Waals surface area contributed by atoms with Crippen molar-refractivity contribution in [3.05, 3.63) is 0 Å². The minimum atomic E-state index is -1.51. The number of azo groups is 1. The van der Waals surface area contributed by atoms with Gasteiger partial charge in [-0.3, -0.25) is 4.79 Å². The molecule has 4 rings (SSSR count). The summed E-state index contributed by atoms with van der Waals surface area (Å²) >= 11 is 0. The van der Waals surface area contributed by atoms with Crippen LogP contribution in [-0.2, 0) is 23.7 Å². The van der Waals surface area contributed by atoms with Gasteiger partial charge in [-0.2, -0.15) is 10.2 Å². The lowest BCUT2D eigenvalue weighted by atomic mass is 9.98. The molecule has 9 nitrogen and oxygen atoms in total. The molecule has 0 aromatic rings. The second-order valence-corrected chi connectivity index (χ2v) is 8.21. The molecule has 0 aromatic carbocycles. The summed E-state index contributed by atoms with van der Waals surface area (Å²) in [6.45, 7) is 8.15. The molecule has 2 unspecified atom stereocenters. The molecule has 4 aliphatic rings. The Morgan fingerprint density at radius 3 is 2.84 bits per heavy atom. The standard InChI is InChI=1S/C16H23N3O6/c1-14(2,3)24-13(21)19-11(10-9(12(19)20)7-17-18-10)16-22-6-5-15(4,25-16)8-23-16/h9-11H,5-8H2,1-4H3/t9-,10+,11+,15?,16?/m1/s1. The first-order valence-electron chi connectivity index (χ1n) is 8.55. The fourth-order valence-electron chi connectivity index (χ4n) is 3.77. The van der Waals surface area contributed by atoms with E-state index in [2.05, 4.69) is 10.2 Å². The zero-order valence-corrected chi connectivity index (χ0v) is 14.9. The van der Waals surface area contributed by atoms with Crippen LogP contribution in [0, 0.1) is 5.92 Å². The van der Waals surface area contributed by atoms with E-state index in [1.807, 2.05) is 6.92 Å². The van der Waals surface area contributed by atoms with Crippen LogP contribution in [-0.4, -0.2) is 65.9 Å². The number of imide groups is 1. The van der Waals surface area contributed by atoms with Gasteiger partial charge in [-0.25, -0.2) is 9.69 Å². The number of rotatable bonds is 1. The molecule has 4 heterocycles. The zero-order chi connectivity index (χ0) is 18.0. The molecule has 2 amide bonds. The Bertz CT molecular complexity index is 646. The number of likely N-dealkylation sites (tertiary alicyclic amines) is 1. The van der Waals surface area contributed by atoms with Gasteiger partial charge in [0.1, 0.15) is 17.7 Å². The van der Waals surface area contributed by atoms with E-state index in [-0.39, 0.29) is 12.5 Å². The van der Waals surface area contributed by atoms with Gasteiger partial charge in [0.15, 0.2) is 0 Å². The van der Waals surface area contributed by atoms with E-state index in [0.29, 0.717) is 19.6 Å². The van der Waals surface area contributed by atoms with Crippen LogP contribution >= 0.6 is 0 Å². The Morgan fingerprint density at radius 2 is 2.12 bits per heavy atom. The summed E-state index contributed by atoms with van der Waals surface area (Å²) in [6.07, 6.45) is -0.0614. The summed E-state index contributed by atoms with van der Waals surface area (Å²) in [7, 11) is 0. The van der Waals surface area contributed by atoms with Gasteiger partial charge in [0.2, 0.25) is 5.91 Å². The topological polar surface area (TPSA) is 99.0 Å². The van der Waals surface area contributed by atoms with Crippen molar-refractivity contribution in [1.29, 1.82) is 0 Å². The van der Waals surface area contributed by atoms with Gasteiger partial charge in [-0.1, -0.05) is 0 Å². The van der Waals surface area contributed by atoms with Gasteiger partial charge < -0.3 is 18.9 Å². The van der Waals surface area contributed by atoms with Gasteiger partial charge in [0.05, 0.1) is 31.3 Å². The van der Waals surface area contributed by atoms with E-state index in [1.54, 1.807) is 20.8 Å². The second kappa shape index (κ2) is 5.21. The Hall–Kier alpha value is -1.58. The van der Waals surface area contributed by atoms with Crippen molar-refractivity contribution >= 4 is 12.0 Å². The molecule has 0 saturated carbocycles. The van der Waals surface area contributed by atoms with Crippen molar-refractivity contribution in [3.63, 3.8) is 0 Å². The van der Waals surface area contributed by atoms with Crippen LogP contribution in [0.2, 0.25) is 0 Å². The van der Waals surface area contributed by atoms with Crippen molar-refractivity contribution in [1.82, 2.24) is 4.90 Å². The van der Waals surface area contributed by atoms with Crippen molar-refractivity contribution < 1.29 is 28.5 Å². The average Bonchev–Trinajstić information content (AvgIpc) is 3.12. The fraction of sp³-hybridized carbons (Fsp3) is 0.875. The van der Waals surface area contributed by atoms with Gasteiger partial charge in [-0.15, -0.1) is 0 Å². The highest BCUT2D eigenvalue weighted by Gasteiger charge is 2.68. The van der Waals surface area contributed by atoms with Crippen molar-refractivity contribution in [2.24, 2.45) is 16.1 Å². The van der Waals surface area contributed by atoms with Crippen LogP contribution in [0.5, 0.6) is 0 Å². The number of carbonyl (C=O) groups is 2. The number of nitrogens with zero attached hydrogens (tertiary/aromatic N) is 3. The third-order valence-electron chi connectivity index (χ3n) is 4.92. The Labute approximate surface area is 145 Å². The van der Waals surface area contributed by atoms with E-state index in [1.165, 1.54) is 0 Å². The summed E-state index contributed by atoms with van der Waals surface area (Å²) in [4.78, 5) is 26.7. The monoisotopic (exact) mass is 353 g/mol. The zero-order valence-electron chi connectivity index (χ0n) is 14.9. The first kappa shape index (κ1) is 16.9. The average molecular weight is 353 g/mol. The number of fused-ring (bicyclic) bond motifs is 3. The molecular weight excluding hydrogens is 330 g/mol. The van der Waals surface area contributed by atoms with Gasteiger partial charge >= 0.3 is 12.1 Å². The molecule has 138 valence electrons. The van der Waals surface area contributed by atoms with Crippen LogP contribution in [0.1, 0.15) is 34.1 Å². The highest BCUT2D eigenvalue weighted by Crippen LogP contribution is 2.48. The summed E-state index contributed by atoms with van der Waals surface area (Å²) in [5.41, 5.74) is -1.24. The molecule has 2 bridgehead atoms. The molecule has 0 aromatic heterocycles. The van der Waals surface area contributed by atoms with Crippen LogP contribution in [0.3, 0.4) is 0 Å². The molecule has 0 N–H and O–H groups in total. The summed E-state index contributed by atoms with van der Waals surface area (Å²) in [6, 6.07) is -1.41. The first-order valence-corrected chi connectivity index (χ1v) is 8.55. The quantitative estimate of drug-likeness (QED) is 0.708. The van der Waals surface area contributed by atoms with Crippen LogP contribution in [0.15, 0.2) is 10.2 Å². The van der Waals surface area contributed by atoms with E-state index in [0.717, 1.165) is 4.90 Å². The Morgan fingerprint density at radius 1 is 1.36 bits per heavy atom. The lowest BCUT2D eigenvalue weighted by Gasteiger charge is -2.42. The number of ether oxygens (including phenoxy) is 4. The van der Waals surface area contributed by atoms with Crippen molar-refractivity contribution in [2.45, 2.75) is 63.4 Å². The van der Waals surface area contributed by atoms with Gasteiger partial charge in [0, 0.05) is 6.42 Å². The minimum Gasteiger partial charge on any atom is -0.443 e. The molecule has 25 heavy (non-hydrogen) atoms. The molecule has 5 atom stereocenters. The SMILES string of the molecule is CC(C)(C)OC(=O)N1C(=O)[C@@H]2CN=N[C@@H]2[C@H]1C12OCCC(C)(CO1)O2. The van der Waals surface area contributed by atoms with Gasteiger partial charge in [0.25, 0.3) is 0 Å². The predicted molar refractivity (Wildman–Crippen MR) is 82.6 cm³/mol. The summed E-state index contributed by atoms with van der Waals surface area (Å²) < 4.78 is 23.2. The Kier molecular flexibility index (Phi) is 3.52. The third kappa shape index (κ3) is 2.56. The summed E-state index contributed by atoms with van der Waals surface area (Å²) in [5.74, 6) is -2.41. The minimum absolute atomic E-state index is 0.243. The highest BCUT2D eigenvalue weighted by molar-refractivity contribution is 5.97.